The molecule has 4 heteroatoms. The zero-order chi connectivity index (χ0) is 11.0. The monoisotopic (exact) mass is 197 g/mol. The second-order valence-electron chi connectivity index (χ2n) is 2.75. The number of aryl methyl sites for hydroxylation is 1. The van der Waals surface area contributed by atoms with Crippen LogP contribution in [-0.4, -0.2) is 17.7 Å². The van der Waals surface area contributed by atoms with Gasteiger partial charge in [0, 0.05) is 25.0 Å². The average Bonchev–Trinajstić information content (AvgIpc) is 2.08. The van der Waals surface area contributed by atoms with Gasteiger partial charge in [0.05, 0.1) is 0 Å². The first kappa shape index (κ1) is 12.6. The molecule has 0 saturated heterocycles. The smallest absolute Gasteiger partial charge is 0.178 e. The molecule has 0 fully saturated rings. The molecule has 0 aliphatic heterocycles. The Hall–Kier alpha value is -1.42. The van der Waals surface area contributed by atoms with E-state index in [1.165, 1.54) is 5.69 Å². The van der Waals surface area contributed by atoms with Gasteiger partial charge in [-0.1, -0.05) is 6.07 Å². The molecule has 14 heavy (non-hydrogen) atoms. The Morgan fingerprint density at radius 2 is 2.14 bits per heavy atom. The summed E-state index contributed by atoms with van der Waals surface area (Å²) in [6, 6.07) is 5.97. The number of aromatic nitrogens is 1. The summed E-state index contributed by atoms with van der Waals surface area (Å²) in [4.78, 5) is 8.89. The number of carbonyl (C=O) groups is 1. The molecule has 0 saturated carbocycles. The molecule has 4 nitrogen and oxygen atoms in total. The van der Waals surface area contributed by atoms with E-state index in [1.807, 2.05) is 35.9 Å². The van der Waals surface area contributed by atoms with Crippen LogP contribution in [0.3, 0.4) is 0 Å². The van der Waals surface area contributed by atoms with Crippen LogP contribution in [0.1, 0.15) is 12.6 Å². The molecule has 0 spiro atoms. The molecule has 0 aliphatic carbocycles. The number of carboxylic acid groups (broad SMARTS) is 1. The van der Waals surface area contributed by atoms with Crippen LogP contribution in [0.5, 0.6) is 0 Å². The number of aliphatic hydroxyl groups excluding tert-OH is 1. The van der Waals surface area contributed by atoms with Crippen molar-refractivity contribution in [2.75, 3.05) is 6.61 Å². The standard InChI is InChI=1S/C8H12NO.C2H4O2/c1-8-4-2-3-5-9(8)6-7-10;1-2(3)4/h2-5,10H,6-7H2,1H3;1H3,(H,3,4)/q+1;/p-1. The summed E-state index contributed by atoms with van der Waals surface area (Å²) in [6.45, 7) is 3.89. The Kier molecular flexibility index (Phi) is 6.32. The van der Waals surface area contributed by atoms with E-state index in [0.29, 0.717) is 6.54 Å². The molecule has 1 aromatic heterocycles. The fourth-order valence-corrected chi connectivity index (χ4v) is 0.920. The molecule has 0 radical (unpaired) electrons. The van der Waals surface area contributed by atoms with Gasteiger partial charge in [0.25, 0.3) is 0 Å². The van der Waals surface area contributed by atoms with Crippen LogP contribution < -0.4 is 9.67 Å². The van der Waals surface area contributed by atoms with Crippen LogP contribution in [0.4, 0.5) is 0 Å². The fourth-order valence-electron chi connectivity index (χ4n) is 0.920. The first-order valence-electron chi connectivity index (χ1n) is 4.31. The maximum Gasteiger partial charge on any atom is 0.178 e. The van der Waals surface area contributed by atoms with Crippen molar-refractivity contribution in [2.45, 2.75) is 20.4 Å². The van der Waals surface area contributed by atoms with Crippen molar-refractivity contribution in [3.05, 3.63) is 30.1 Å². The van der Waals surface area contributed by atoms with Gasteiger partial charge < -0.3 is 15.0 Å². The molecule has 0 aromatic carbocycles. The average molecular weight is 197 g/mol. The zero-order valence-electron chi connectivity index (χ0n) is 8.43. The molecule has 0 atom stereocenters. The Labute approximate surface area is 83.4 Å². The SMILES string of the molecule is CC(=O)[O-].Cc1cccc[n+]1CCO. The Morgan fingerprint density at radius 3 is 2.57 bits per heavy atom. The second kappa shape index (κ2) is 7.03. The van der Waals surface area contributed by atoms with Crippen LogP contribution >= 0.6 is 0 Å². The number of nitrogens with zero attached hydrogens (tertiary/aromatic N) is 1. The summed E-state index contributed by atoms with van der Waals surface area (Å²) in [5.74, 6) is -1.08. The van der Waals surface area contributed by atoms with Crippen molar-refractivity contribution in [2.24, 2.45) is 0 Å². The van der Waals surface area contributed by atoms with Crippen molar-refractivity contribution in [1.82, 2.24) is 0 Å². The van der Waals surface area contributed by atoms with Gasteiger partial charge in [-0.25, -0.2) is 4.57 Å². The highest BCUT2D eigenvalue weighted by atomic mass is 16.4. The summed E-state index contributed by atoms with van der Waals surface area (Å²) < 4.78 is 2.01. The van der Waals surface area contributed by atoms with Crippen LogP contribution in [0.25, 0.3) is 0 Å². The van der Waals surface area contributed by atoms with Crippen LogP contribution in [0.15, 0.2) is 24.4 Å². The van der Waals surface area contributed by atoms with Crippen LogP contribution in [0.2, 0.25) is 0 Å². The lowest BCUT2D eigenvalue weighted by Crippen LogP contribution is -2.37. The highest BCUT2D eigenvalue weighted by molar-refractivity contribution is 5.60. The highest BCUT2D eigenvalue weighted by Gasteiger charge is 2.00. The Bertz CT molecular complexity index is 282. The number of hydrogen-bond acceptors (Lipinski definition) is 3. The number of rotatable bonds is 2. The lowest BCUT2D eigenvalue weighted by atomic mass is 10.3. The highest BCUT2D eigenvalue weighted by Crippen LogP contribution is 1.86. The minimum atomic E-state index is -1.08. The molecule has 1 aromatic rings. The van der Waals surface area contributed by atoms with Gasteiger partial charge in [-0.2, -0.15) is 0 Å². The predicted molar refractivity (Wildman–Crippen MR) is 49.1 cm³/mol. The van der Waals surface area contributed by atoms with E-state index in [9.17, 15) is 0 Å². The van der Waals surface area contributed by atoms with E-state index >= 15 is 0 Å². The zero-order valence-corrected chi connectivity index (χ0v) is 8.43. The van der Waals surface area contributed by atoms with Crippen LogP contribution in [0, 0.1) is 6.92 Å². The number of carbonyl (C=O) groups excluding carboxylic acids is 1. The molecule has 1 heterocycles. The maximum atomic E-state index is 8.89. The quantitative estimate of drug-likeness (QED) is 0.620. The Balaban J connectivity index is 0.000000364. The second-order valence-corrected chi connectivity index (χ2v) is 2.75. The number of carboxylic acids is 1. The van der Waals surface area contributed by atoms with Gasteiger partial charge in [-0.05, 0) is 6.92 Å². The van der Waals surface area contributed by atoms with Crippen molar-refractivity contribution in [3.8, 4) is 0 Å². The maximum absolute atomic E-state index is 8.89. The number of aliphatic hydroxyl groups is 1. The summed E-state index contributed by atoms with van der Waals surface area (Å²) in [5, 5.41) is 17.5. The normalized spacial score (nSPS) is 8.79. The topological polar surface area (TPSA) is 64.2 Å². The number of hydrogen-bond donors (Lipinski definition) is 1. The van der Waals surface area contributed by atoms with E-state index in [0.717, 1.165) is 6.92 Å². The summed E-state index contributed by atoms with van der Waals surface area (Å²) in [6.07, 6.45) is 1.96. The largest absolute Gasteiger partial charge is 0.550 e. The first-order valence-corrected chi connectivity index (χ1v) is 4.31. The molecule has 1 rings (SSSR count). The lowest BCUT2D eigenvalue weighted by Gasteiger charge is -1.94. The third-order valence-electron chi connectivity index (χ3n) is 1.51. The van der Waals surface area contributed by atoms with Crippen molar-refractivity contribution < 1.29 is 19.6 Å². The Morgan fingerprint density at radius 1 is 1.57 bits per heavy atom. The third kappa shape index (κ3) is 6.14. The van der Waals surface area contributed by atoms with Gasteiger partial charge in [0.1, 0.15) is 6.61 Å². The molecular weight excluding hydrogens is 182 g/mol. The lowest BCUT2D eigenvalue weighted by molar-refractivity contribution is -0.704. The van der Waals surface area contributed by atoms with Gasteiger partial charge in [-0.15, -0.1) is 0 Å². The first-order chi connectivity index (χ1) is 6.57. The van der Waals surface area contributed by atoms with Gasteiger partial charge >= 0.3 is 0 Å². The van der Waals surface area contributed by atoms with Crippen LogP contribution in [-0.2, 0) is 11.3 Å². The predicted octanol–water partition coefficient (Wildman–Crippen LogP) is -0.969. The number of aliphatic carboxylic acids is 1. The van der Waals surface area contributed by atoms with E-state index in [-0.39, 0.29) is 6.61 Å². The minimum Gasteiger partial charge on any atom is -0.550 e. The van der Waals surface area contributed by atoms with Gasteiger partial charge in [0.15, 0.2) is 18.4 Å². The van der Waals surface area contributed by atoms with Crippen molar-refractivity contribution >= 4 is 5.97 Å². The molecule has 0 unspecified atom stereocenters. The summed E-state index contributed by atoms with van der Waals surface area (Å²) >= 11 is 0. The minimum absolute atomic E-state index is 0.204. The van der Waals surface area contributed by atoms with Gasteiger partial charge in [0.2, 0.25) is 0 Å². The van der Waals surface area contributed by atoms with E-state index in [1.54, 1.807) is 0 Å². The third-order valence-corrected chi connectivity index (χ3v) is 1.51. The van der Waals surface area contributed by atoms with Gasteiger partial charge in [-0.3, -0.25) is 0 Å². The molecular formula is C10H15NO3. The number of pyridine rings is 1. The van der Waals surface area contributed by atoms with E-state index < -0.39 is 5.97 Å². The van der Waals surface area contributed by atoms with E-state index in [4.69, 9.17) is 15.0 Å². The van der Waals surface area contributed by atoms with E-state index in [2.05, 4.69) is 0 Å². The molecule has 0 aliphatic rings. The van der Waals surface area contributed by atoms with Crippen molar-refractivity contribution in [3.63, 3.8) is 0 Å². The molecule has 1 N–H and O–H groups in total. The van der Waals surface area contributed by atoms with Crippen molar-refractivity contribution in [1.29, 1.82) is 0 Å². The molecule has 78 valence electrons. The molecule has 0 amide bonds. The summed E-state index contributed by atoms with van der Waals surface area (Å²) in [7, 11) is 0. The summed E-state index contributed by atoms with van der Waals surface area (Å²) in [5.41, 5.74) is 1.18. The fraction of sp³-hybridized carbons (Fsp3) is 0.400. The molecule has 0 bridgehead atoms.